The van der Waals surface area contributed by atoms with E-state index in [1.54, 1.807) is 18.6 Å². The van der Waals surface area contributed by atoms with Gasteiger partial charge in [0.1, 0.15) is 0 Å². The Morgan fingerprint density at radius 3 is 2.83 bits per heavy atom. The first kappa shape index (κ1) is 13.3. The van der Waals surface area contributed by atoms with Crippen LogP contribution in [0.1, 0.15) is 5.56 Å². The number of amides is 1. The van der Waals surface area contributed by atoms with Crippen molar-refractivity contribution in [2.75, 3.05) is 5.32 Å². The molecule has 1 aliphatic heterocycles. The van der Waals surface area contributed by atoms with Crippen molar-refractivity contribution in [2.45, 2.75) is 6.29 Å². The second kappa shape index (κ2) is 5.45. The fraction of sp³-hybridized carbons (Fsp3) is 0.0625. The van der Waals surface area contributed by atoms with Gasteiger partial charge in [0.15, 0.2) is 6.29 Å². The van der Waals surface area contributed by atoms with Gasteiger partial charge in [-0.2, -0.15) is 5.10 Å². The monoisotopic (exact) mass is 306 g/mol. The van der Waals surface area contributed by atoms with E-state index in [-0.39, 0.29) is 5.91 Å². The Bertz CT molecular complexity index is 886. The molecule has 23 heavy (non-hydrogen) atoms. The van der Waals surface area contributed by atoms with Crippen molar-refractivity contribution in [3.05, 3.63) is 60.6 Å². The Morgan fingerprint density at radius 2 is 1.96 bits per heavy atom. The summed E-state index contributed by atoms with van der Waals surface area (Å²) in [6.45, 7) is 0. The SMILES string of the molecule is O=C1C=C(c2ccncc2)NC(Nc2ccc3cn[nH]c3c2)N1. The first-order chi connectivity index (χ1) is 11.3. The molecule has 7 heteroatoms. The molecule has 0 saturated heterocycles. The molecule has 1 amide bonds. The molecule has 3 aromatic rings. The molecule has 7 nitrogen and oxygen atoms in total. The van der Waals surface area contributed by atoms with Gasteiger partial charge >= 0.3 is 0 Å². The van der Waals surface area contributed by atoms with Gasteiger partial charge in [0, 0.05) is 40.8 Å². The third kappa shape index (κ3) is 2.71. The fourth-order valence-electron chi connectivity index (χ4n) is 2.51. The minimum Gasteiger partial charge on any atom is -0.348 e. The molecule has 0 bridgehead atoms. The highest BCUT2D eigenvalue weighted by Gasteiger charge is 2.19. The van der Waals surface area contributed by atoms with Crippen LogP contribution in [0.25, 0.3) is 16.6 Å². The molecular weight excluding hydrogens is 292 g/mol. The van der Waals surface area contributed by atoms with Crippen molar-refractivity contribution in [3.8, 4) is 0 Å². The predicted molar refractivity (Wildman–Crippen MR) is 87.0 cm³/mol. The van der Waals surface area contributed by atoms with E-state index in [1.807, 2.05) is 30.3 Å². The van der Waals surface area contributed by atoms with Gasteiger partial charge in [0.25, 0.3) is 0 Å². The standard InChI is InChI=1S/C16H14N6O/c23-15-8-13(10-3-5-17-6-4-10)20-16(21-15)19-12-2-1-11-9-18-22-14(11)7-12/h1-9,16,19-20H,(H,18,22)(H,21,23). The second-order valence-corrected chi connectivity index (χ2v) is 5.20. The van der Waals surface area contributed by atoms with Gasteiger partial charge in [-0.15, -0.1) is 0 Å². The van der Waals surface area contributed by atoms with Gasteiger partial charge in [0.05, 0.1) is 11.7 Å². The van der Waals surface area contributed by atoms with E-state index in [0.717, 1.165) is 27.9 Å². The van der Waals surface area contributed by atoms with Crippen LogP contribution < -0.4 is 16.0 Å². The summed E-state index contributed by atoms with van der Waals surface area (Å²) in [4.78, 5) is 15.9. The number of aromatic amines is 1. The minimum absolute atomic E-state index is 0.157. The number of benzene rings is 1. The average Bonchev–Trinajstić information content (AvgIpc) is 3.03. The lowest BCUT2D eigenvalue weighted by Gasteiger charge is -2.28. The highest BCUT2D eigenvalue weighted by Crippen LogP contribution is 2.18. The molecule has 4 N–H and O–H groups in total. The number of carbonyl (C=O) groups excluding carboxylic acids is 1. The van der Waals surface area contributed by atoms with Crippen LogP contribution in [0.4, 0.5) is 5.69 Å². The molecule has 0 spiro atoms. The third-order valence-electron chi connectivity index (χ3n) is 3.61. The summed E-state index contributed by atoms with van der Waals surface area (Å²) in [5.41, 5.74) is 3.46. The lowest BCUT2D eigenvalue weighted by Crippen LogP contribution is -2.52. The third-order valence-corrected chi connectivity index (χ3v) is 3.61. The van der Waals surface area contributed by atoms with Gasteiger partial charge in [-0.25, -0.2) is 0 Å². The average molecular weight is 306 g/mol. The molecule has 1 atom stereocenters. The van der Waals surface area contributed by atoms with Crippen LogP contribution in [0, 0.1) is 0 Å². The van der Waals surface area contributed by atoms with E-state index in [2.05, 4.69) is 31.1 Å². The van der Waals surface area contributed by atoms with E-state index in [9.17, 15) is 4.79 Å². The molecule has 1 aliphatic rings. The molecule has 0 fully saturated rings. The number of fused-ring (bicyclic) bond motifs is 1. The second-order valence-electron chi connectivity index (χ2n) is 5.20. The molecular formula is C16H14N6O. The van der Waals surface area contributed by atoms with Gasteiger partial charge in [0.2, 0.25) is 5.91 Å². The Balaban J connectivity index is 1.55. The highest BCUT2D eigenvalue weighted by molar-refractivity contribution is 5.97. The van der Waals surface area contributed by atoms with Crippen molar-refractivity contribution >= 4 is 28.2 Å². The lowest BCUT2D eigenvalue weighted by molar-refractivity contribution is -0.117. The van der Waals surface area contributed by atoms with Crippen molar-refractivity contribution in [2.24, 2.45) is 0 Å². The zero-order chi connectivity index (χ0) is 15.6. The number of nitrogens with one attached hydrogen (secondary N) is 4. The van der Waals surface area contributed by atoms with Gasteiger partial charge in [-0.1, -0.05) is 0 Å². The summed E-state index contributed by atoms with van der Waals surface area (Å²) in [7, 11) is 0. The number of anilines is 1. The number of carbonyl (C=O) groups is 1. The number of pyridine rings is 1. The number of H-pyrrole nitrogens is 1. The molecule has 3 heterocycles. The minimum atomic E-state index is -0.406. The zero-order valence-electron chi connectivity index (χ0n) is 12.1. The Hall–Kier alpha value is -3.35. The first-order valence-electron chi connectivity index (χ1n) is 7.17. The fourth-order valence-corrected chi connectivity index (χ4v) is 2.51. The Labute approximate surface area is 131 Å². The van der Waals surface area contributed by atoms with Crippen molar-refractivity contribution in [1.29, 1.82) is 0 Å². The van der Waals surface area contributed by atoms with Crippen molar-refractivity contribution in [1.82, 2.24) is 25.8 Å². The molecule has 0 aliphatic carbocycles. The Morgan fingerprint density at radius 1 is 1.09 bits per heavy atom. The van der Waals surface area contributed by atoms with E-state index >= 15 is 0 Å². The molecule has 114 valence electrons. The summed E-state index contributed by atoms with van der Waals surface area (Å²) >= 11 is 0. The molecule has 4 rings (SSSR count). The predicted octanol–water partition coefficient (Wildman–Crippen LogP) is 1.41. The Kier molecular flexibility index (Phi) is 3.16. The van der Waals surface area contributed by atoms with E-state index < -0.39 is 6.29 Å². The van der Waals surface area contributed by atoms with Gasteiger partial charge < -0.3 is 16.0 Å². The maximum absolute atomic E-state index is 11.9. The smallest absolute Gasteiger partial charge is 0.249 e. The zero-order valence-corrected chi connectivity index (χ0v) is 12.1. The quantitative estimate of drug-likeness (QED) is 0.587. The van der Waals surface area contributed by atoms with Crippen LogP contribution in [-0.4, -0.2) is 27.4 Å². The number of hydrogen-bond acceptors (Lipinski definition) is 5. The molecule has 0 radical (unpaired) electrons. The van der Waals surface area contributed by atoms with Crippen LogP contribution in [0.5, 0.6) is 0 Å². The van der Waals surface area contributed by atoms with Crippen molar-refractivity contribution < 1.29 is 4.79 Å². The van der Waals surface area contributed by atoms with Crippen molar-refractivity contribution in [3.63, 3.8) is 0 Å². The number of aromatic nitrogens is 3. The molecule has 1 aromatic carbocycles. The molecule has 1 unspecified atom stereocenters. The van der Waals surface area contributed by atoms with Crippen LogP contribution in [0.3, 0.4) is 0 Å². The number of hydrogen-bond donors (Lipinski definition) is 4. The summed E-state index contributed by atoms with van der Waals surface area (Å²) in [5.74, 6) is -0.157. The topological polar surface area (TPSA) is 94.7 Å². The molecule has 2 aromatic heterocycles. The summed E-state index contributed by atoms with van der Waals surface area (Å²) in [5, 5.41) is 17.3. The summed E-state index contributed by atoms with van der Waals surface area (Å²) in [6.07, 6.45) is 6.28. The maximum Gasteiger partial charge on any atom is 0.249 e. The van der Waals surface area contributed by atoms with E-state index in [4.69, 9.17) is 0 Å². The van der Waals surface area contributed by atoms with Gasteiger partial charge in [-0.05, 0) is 30.3 Å². The van der Waals surface area contributed by atoms with E-state index in [0.29, 0.717) is 0 Å². The maximum atomic E-state index is 11.9. The highest BCUT2D eigenvalue weighted by atomic mass is 16.1. The van der Waals surface area contributed by atoms with Crippen LogP contribution in [-0.2, 0) is 4.79 Å². The normalized spacial score (nSPS) is 17.3. The number of rotatable bonds is 3. The summed E-state index contributed by atoms with van der Waals surface area (Å²) < 4.78 is 0. The number of nitrogens with zero attached hydrogens (tertiary/aromatic N) is 2. The largest absolute Gasteiger partial charge is 0.348 e. The van der Waals surface area contributed by atoms with Crippen LogP contribution in [0.15, 0.2) is 55.0 Å². The van der Waals surface area contributed by atoms with Gasteiger partial charge in [-0.3, -0.25) is 14.9 Å². The van der Waals surface area contributed by atoms with Crippen LogP contribution >= 0.6 is 0 Å². The lowest BCUT2D eigenvalue weighted by atomic mass is 10.1. The van der Waals surface area contributed by atoms with Crippen LogP contribution in [0.2, 0.25) is 0 Å². The first-order valence-corrected chi connectivity index (χ1v) is 7.17. The molecule has 0 saturated carbocycles. The van der Waals surface area contributed by atoms with E-state index in [1.165, 1.54) is 6.08 Å². The summed E-state index contributed by atoms with van der Waals surface area (Å²) in [6, 6.07) is 9.55.